The molecular weight excluding hydrogens is 374 g/mol. The number of nitrogens with one attached hydrogen (secondary N) is 2. The average Bonchev–Trinajstić information content (AvgIpc) is 2.76. The van der Waals surface area contributed by atoms with Crippen LogP contribution in [-0.2, 0) is 4.79 Å². The quantitative estimate of drug-likeness (QED) is 0.584. The number of aryl methyl sites for hydroxylation is 1. The highest BCUT2D eigenvalue weighted by atomic mass is 16.2. The zero-order chi connectivity index (χ0) is 21.5. The Morgan fingerprint density at radius 3 is 2.37 bits per heavy atom. The first-order valence-corrected chi connectivity index (χ1v) is 10.1. The van der Waals surface area contributed by atoms with E-state index in [2.05, 4.69) is 10.6 Å². The molecule has 5 heteroatoms. The third kappa shape index (κ3) is 5.06. The van der Waals surface area contributed by atoms with E-state index in [1.54, 1.807) is 29.2 Å². The average molecular weight is 402 g/mol. The molecule has 0 heterocycles. The first-order chi connectivity index (χ1) is 14.5. The van der Waals surface area contributed by atoms with Gasteiger partial charge in [0.1, 0.15) is 0 Å². The van der Waals surface area contributed by atoms with Gasteiger partial charge in [-0.3, -0.25) is 9.59 Å². The number of hydrogen-bond acceptors (Lipinski definition) is 3. The topological polar surface area (TPSA) is 61.4 Å². The van der Waals surface area contributed by atoms with Gasteiger partial charge in [-0.15, -0.1) is 0 Å². The van der Waals surface area contributed by atoms with Crippen LogP contribution in [0.25, 0.3) is 0 Å². The van der Waals surface area contributed by atoms with Crippen molar-refractivity contribution in [3.8, 4) is 0 Å². The van der Waals surface area contributed by atoms with Crippen LogP contribution in [0.3, 0.4) is 0 Å². The van der Waals surface area contributed by atoms with E-state index in [0.717, 1.165) is 16.9 Å². The second kappa shape index (κ2) is 9.74. The minimum Gasteiger partial charge on any atom is -0.376 e. The molecule has 30 heavy (non-hydrogen) atoms. The molecule has 3 aromatic carbocycles. The summed E-state index contributed by atoms with van der Waals surface area (Å²) < 4.78 is 0. The molecular formula is C25H27N3O2. The third-order valence-electron chi connectivity index (χ3n) is 5.07. The van der Waals surface area contributed by atoms with Crippen LogP contribution >= 0.6 is 0 Å². The lowest BCUT2D eigenvalue weighted by Crippen LogP contribution is -2.30. The summed E-state index contributed by atoms with van der Waals surface area (Å²) in [7, 11) is 0. The number of para-hydroxylation sites is 1. The van der Waals surface area contributed by atoms with Gasteiger partial charge >= 0.3 is 0 Å². The SMILES string of the molecule is CCN(C(=O)c1cccc(NC(=O)CNc2cccc(C)c2C)c1)c1ccccc1. The van der Waals surface area contributed by atoms with Gasteiger partial charge in [-0.1, -0.05) is 36.4 Å². The highest BCUT2D eigenvalue weighted by Gasteiger charge is 2.16. The Kier molecular flexibility index (Phi) is 6.86. The van der Waals surface area contributed by atoms with Gasteiger partial charge < -0.3 is 15.5 Å². The molecule has 2 N–H and O–H groups in total. The van der Waals surface area contributed by atoms with Crippen molar-refractivity contribution in [3.63, 3.8) is 0 Å². The van der Waals surface area contributed by atoms with Crippen LogP contribution in [0.15, 0.2) is 72.8 Å². The number of benzene rings is 3. The van der Waals surface area contributed by atoms with E-state index in [1.165, 1.54) is 5.56 Å². The minimum atomic E-state index is -0.170. The predicted molar refractivity (Wildman–Crippen MR) is 123 cm³/mol. The number of carbonyl (C=O) groups excluding carboxylic acids is 2. The summed E-state index contributed by atoms with van der Waals surface area (Å²) in [6.45, 7) is 6.71. The fourth-order valence-electron chi connectivity index (χ4n) is 3.26. The number of hydrogen-bond donors (Lipinski definition) is 2. The van der Waals surface area contributed by atoms with Crippen LogP contribution in [0.5, 0.6) is 0 Å². The van der Waals surface area contributed by atoms with Gasteiger partial charge in [0.05, 0.1) is 6.54 Å². The summed E-state index contributed by atoms with van der Waals surface area (Å²) in [5.74, 6) is -0.274. The Morgan fingerprint density at radius 1 is 0.900 bits per heavy atom. The maximum atomic E-state index is 13.0. The molecule has 2 amide bonds. The molecule has 0 unspecified atom stereocenters. The van der Waals surface area contributed by atoms with Crippen LogP contribution in [-0.4, -0.2) is 24.9 Å². The lowest BCUT2D eigenvalue weighted by molar-refractivity contribution is -0.114. The molecule has 0 aliphatic heterocycles. The van der Waals surface area contributed by atoms with Crippen molar-refractivity contribution < 1.29 is 9.59 Å². The second-order valence-electron chi connectivity index (χ2n) is 7.11. The molecule has 0 spiro atoms. The Labute approximate surface area is 177 Å². The summed E-state index contributed by atoms with van der Waals surface area (Å²) in [5, 5.41) is 6.04. The second-order valence-corrected chi connectivity index (χ2v) is 7.11. The van der Waals surface area contributed by atoms with Crippen molar-refractivity contribution in [3.05, 3.63) is 89.5 Å². The zero-order valence-electron chi connectivity index (χ0n) is 17.6. The Balaban J connectivity index is 1.67. The zero-order valence-corrected chi connectivity index (χ0v) is 17.6. The van der Waals surface area contributed by atoms with Crippen LogP contribution in [0.2, 0.25) is 0 Å². The summed E-state index contributed by atoms with van der Waals surface area (Å²) in [6, 6.07) is 22.5. The van der Waals surface area contributed by atoms with Crippen molar-refractivity contribution in [1.82, 2.24) is 0 Å². The summed E-state index contributed by atoms with van der Waals surface area (Å²) >= 11 is 0. The smallest absolute Gasteiger partial charge is 0.258 e. The van der Waals surface area contributed by atoms with Gasteiger partial charge in [0.2, 0.25) is 5.91 Å². The molecule has 0 aromatic heterocycles. The first kappa shape index (κ1) is 21.1. The van der Waals surface area contributed by atoms with Crippen molar-refractivity contribution in [2.45, 2.75) is 20.8 Å². The fourth-order valence-corrected chi connectivity index (χ4v) is 3.26. The minimum absolute atomic E-state index is 0.103. The molecule has 154 valence electrons. The number of anilines is 3. The predicted octanol–water partition coefficient (Wildman–Crippen LogP) is 5.02. The summed E-state index contributed by atoms with van der Waals surface area (Å²) in [5.41, 5.74) is 5.20. The molecule has 3 rings (SSSR count). The number of carbonyl (C=O) groups is 2. The van der Waals surface area contributed by atoms with Gasteiger partial charge in [0.25, 0.3) is 5.91 Å². The fraction of sp³-hybridized carbons (Fsp3) is 0.200. The van der Waals surface area contributed by atoms with E-state index < -0.39 is 0 Å². The van der Waals surface area contributed by atoms with Crippen LogP contribution in [0, 0.1) is 13.8 Å². The largest absolute Gasteiger partial charge is 0.376 e. The molecule has 0 aliphatic rings. The highest BCUT2D eigenvalue weighted by Crippen LogP contribution is 2.20. The highest BCUT2D eigenvalue weighted by molar-refractivity contribution is 6.07. The lowest BCUT2D eigenvalue weighted by Gasteiger charge is -2.21. The van der Waals surface area contributed by atoms with Crippen molar-refractivity contribution in [1.29, 1.82) is 0 Å². The van der Waals surface area contributed by atoms with E-state index in [1.807, 2.05) is 69.3 Å². The van der Waals surface area contributed by atoms with E-state index >= 15 is 0 Å². The number of nitrogens with zero attached hydrogens (tertiary/aromatic N) is 1. The van der Waals surface area contributed by atoms with Crippen molar-refractivity contribution in [2.24, 2.45) is 0 Å². The molecule has 3 aromatic rings. The first-order valence-electron chi connectivity index (χ1n) is 10.1. The van der Waals surface area contributed by atoms with E-state index in [-0.39, 0.29) is 18.4 Å². The molecule has 0 radical (unpaired) electrons. The third-order valence-corrected chi connectivity index (χ3v) is 5.07. The molecule has 0 atom stereocenters. The van der Waals surface area contributed by atoms with Gasteiger partial charge in [0.15, 0.2) is 0 Å². The van der Waals surface area contributed by atoms with Gasteiger partial charge in [-0.2, -0.15) is 0 Å². The van der Waals surface area contributed by atoms with Gasteiger partial charge in [0, 0.05) is 29.2 Å². The van der Waals surface area contributed by atoms with Crippen LogP contribution < -0.4 is 15.5 Å². The Bertz CT molecular complexity index is 1030. The molecule has 0 bridgehead atoms. The normalized spacial score (nSPS) is 10.4. The molecule has 0 saturated carbocycles. The molecule has 0 saturated heterocycles. The number of rotatable bonds is 7. The van der Waals surface area contributed by atoms with Crippen LogP contribution in [0.1, 0.15) is 28.4 Å². The standard InChI is InChI=1S/C25H27N3O2/c1-4-28(22-13-6-5-7-14-22)25(30)20-11-9-12-21(16-20)27-24(29)17-26-23-15-8-10-18(2)19(23)3/h5-16,26H,4,17H2,1-3H3,(H,27,29). The summed E-state index contributed by atoms with van der Waals surface area (Å²) in [6.07, 6.45) is 0. The molecule has 5 nitrogen and oxygen atoms in total. The number of amides is 2. The maximum absolute atomic E-state index is 13.0. The Morgan fingerprint density at radius 2 is 1.63 bits per heavy atom. The summed E-state index contributed by atoms with van der Waals surface area (Å²) in [4.78, 5) is 27.1. The van der Waals surface area contributed by atoms with E-state index in [4.69, 9.17) is 0 Å². The molecule has 0 aliphatic carbocycles. The van der Waals surface area contributed by atoms with Crippen molar-refractivity contribution in [2.75, 3.05) is 28.6 Å². The van der Waals surface area contributed by atoms with Crippen molar-refractivity contribution >= 4 is 28.9 Å². The maximum Gasteiger partial charge on any atom is 0.258 e. The van der Waals surface area contributed by atoms with Crippen LogP contribution in [0.4, 0.5) is 17.1 Å². The Hall–Kier alpha value is -3.60. The monoisotopic (exact) mass is 401 g/mol. The van der Waals surface area contributed by atoms with E-state index in [0.29, 0.717) is 17.8 Å². The molecule has 0 fully saturated rings. The van der Waals surface area contributed by atoms with Gasteiger partial charge in [-0.05, 0) is 68.3 Å². The van der Waals surface area contributed by atoms with Gasteiger partial charge in [-0.25, -0.2) is 0 Å². The lowest BCUT2D eigenvalue weighted by atomic mass is 10.1. The van der Waals surface area contributed by atoms with E-state index in [9.17, 15) is 9.59 Å².